The largest absolute Gasteiger partial charge is 0.353 e. The summed E-state index contributed by atoms with van der Waals surface area (Å²) >= 11 is 4.32. The zero-order valence-electron chi connectivity index (χ0n) is 10.2. The van der Waals surface area contributed by atoms with Gasteiger partial charge in [-0.2, -0.15) is 12.6 Å². The van der Waals surface area contributed by atoms with Crippen LogP contribution >= 0.6 is 12.6 Å². The van der Waals surface area contributed by atoms with E-state index in [2.05, 4.69) is 17.9 Å². The van der Waals surface area contributed by atoms with Crippen LogP contribution in [-0.4, -0.2) is 41.6 Å². The molecule has 1 unspecified atom stereocenters. The molecule has 1 heterocycles. The Labute approximate surface area is 108 Å². The van der Waals surface area contributed by atoms with Gasteiger partial charge < -0.3 is 10.2 Å². The lowest BCUT2D eigenvalue weighted by molar-refractivity contribution is -0.144. The molecule has 4 nitrogen and oxygen atoms in total. The van der Waals surface area contributed by atoms with Crippen molar-refractivity contribution >= 4 is 24.4 Å². The van der Waals surface area contributed by atoms with Crippen LogP contribution in [0.3, 0.4) is 0 Å². The molecule has 0 aromatic carbocycles. The van der Waals surface area contributed by atoms with Gasteiger partial charge in [-0.1, -0.05) is 6.92 Å². The summed E-state index contributed by atoms with van der Waals surface area (Å²) in [7, 11) is 0. The van der Waals surface area contributed by atoms with Crippen LogP contribution in [0.1, 0.15) is 32.6 Å². The molecule has 0 aromatic heterocycles. The van der Waals surface area contributed by atoms with Crippen molar-refractivity contribution in [3.63, 3.8) is 0 Å². The van der Waals surface area contributed by atoms with Crippen molar-refractivity contribution in [1.82, 2.24) is 10.2 Å². The van der Waals surface area contributed by atoms with Gasteiger partial charge in [-0.25, -0.2) is 0 Å². The highest BCUT2D eigenvalue weighted by molar-refractivity contribution is 7.80. The van der Waals surface area contributed by atoms with Gasteiger partial charge in [-0.05, 0) is 30.4 Å². The lowest BCUT2D eigenvalue weighted by Gasteiger charge is -2.35. The summed E-state index contributed by atoms with van der Waals surface area (Å²) in [5.41, 5.74) is 0.131. The summed E-state index contributed by atoms with van der Waals surface area (Å²) in [6.45, 7) is 3.17. The average Bonchev–Trinajstić information content (AvgIpc) is 3.09. The highest BCUT2D eigenvalue weighted by atomic mass is 32.1. The van der Waals surface area contributed by atoms with Crippen molar-refractivity contribution in [3.8, 4) is 0 Å². The summed E-state index contributed by atoms with van der Waals surface area (Å²) in [5.74, 6) is 0.885. The van der Waals surface area contributed by atoms with Crippen molar-refractivity contribution in [2.45, 2.75) is 38.6 Å². The van der Waals surface area contributed by atoms with Gasteiger partial charge in [0, 0.05) is 19.5 Å². The molecule has 0 bridgehead atoms. The Morgan fingerprint density at radius 3 is 2.82 bits per heavy atom. The topological polar surface area (TPSA) is 49.4 Å². The molecule has 96 valence electrons. The molecule has 5 heteroatoms. The fourth-order valence-electron chi connectivity index (χ4n) is 2.41. The number of carbonyl (C=O) groups excluding carboxylic acids is 2. The number of amides is 2. The van der Waals surface area contributed by atoms with E-state index in [0.717, 1.165) is 18.6 Å². The highest BCUT2D eigenvalue weighted by Crippen LogP contribution is 2.49. The second kappa shape index (κ2) is 4.88. The summed E-state index contributed by atoms with van der Waals surface area (Å²) in [6, 6.07) is -0.271. The van der Waals surface area contributed by atoms with Crippen LogP contribution in [0, 0.1) is 5.41 Å². The van der Waals surface area contributed by atoms with Gasteiger partial charge in [0.2, 0.25) is 11.8 Å². The van der Waals surface area contributed by atoms with Gasteiger partial charge in [0.15, 0.2) is 0 Å². The van der Waals surface area contributed by atoms with Crippen molar-refractivity contribution in [3.05, 3.63) is 0 Å². The second-order valence-electron chi connectivity index (χ2n) is 5.14. The first-order valence-corrected chi connectivity index (χ1v) is 6.93. The van der Waals surface area contributed by atoms with E-state index in [9.17, 15) is 9.59 Å². The van der Waals surface area contributed by atoms with Crippen LogP contribution in [0.2, 0.25) is 0 Å². The first kappa shape index (κ1) is 12.7. The third-order valence-electron chi connectivity index (χ3n) is 3.86. The molecule has 2 aliphatic rings. The number of carbonyl (C=O) groups is 2. The molecular formula is C12H20N2O2S. The molecule has 1 saturated heterocycles. The Balaban J connectivity index is 1.99. The Hall–Kier alpha value is -0.710. The molecule has 0 radical (unpaired) electrons. The maximum atomic E-state index is 12.2. The van der Waals surface area contributed by atoms with Gasteiger partial charge in [-0.15, -0.1) is 0 Å². The predicted octanol–water partition coefficient (Wildman–Crippen LogP) is 0.823. The number of thiol groups is 1. The van der Waals surface area contributed by atoms with Crippen molar-refractivity contribution in [2.75, 3.05) is 18.8 Å². The van der Waals surface area contributed by atoms with E-state index in [1.54, 1.807) is 4.90 Å². The number of rotatable bonds is 4. The van der Waals surface area contributed by atoms with Crippen LogP contribution in [0.5, 0.6) is 0 Å². The summed E-state index contributed by atoms with van der Waals surface area (Å²) in [4.78, 5) is 25.7. The Morgan fingerprint density at radius 1 is 1.59 bits per heavy atom. The summed E-state index contributed by atoms with van der Waals surface area (Å²) in [6.07, 6.45) is 3.43. The molecule has 1 atom stereocenters. The van der Waals surface area contributed by atoms with Gasteiger partial charge in [0.25, 0.3) is 0 Å². The monoisotopic (exact) mass is 256 g/mol. The number of piperazine rings is 1. The lowest BCUT2D eigenvalue weighted by Crippen LogP contribution is -2.57. The molecule has 0 aromatic rings. The molecule has 1 saturated carbocycles. The lowest BCUT2D eigenvalue weighted by atomic mass is 10.0. The van der Waals surface area contributed by atoms with Crippen molar-refractivity contribution in [2.24, 2.45) is 5.41 Å². The number of nitrogens with zero attached hydrogens (tertiary/aromatic N) is 1. The van der Waals surface area contributed by atoms with E-state index in [1.165, 1.54) is 0 Å². The third-order valence-corrected chi connectivity index (χ3v) is 4.53. The zero-order valence-corrected chi connectivity index (χ0v) is 11.1. The van der Waals surface area contributed by atoms with Gasteiger partial charge in [0.05, 0.1) is 0 Å². The second-order valence-corrected chi connectivity index (χ2v) is 5.45. The molecular weight excluding hydrogens is 236 g/mol. The maximum absolute atomic E-state index is 12.2. The summed E-state index contributed by atoms with van der Waals surface area (Å²) in [5, 5.41) is 2.81. The highest BCUT2D eigenvalue weighted by Gasteiger charge is 2.45. The van der Waals surface area contributed by atoms with Crippen LogP contribution in [0.4, 0.5) is 0 Å². The number of nitrogens with one attached hydrogen (secondary N) is 1. The zero-order chi connectivity index (χ0) is 12.5. The van der Waals surface area contributed by atoms with Crippen LogP contribution < -0.4 is 5.32 Å². The maximum Gasteiger partial charge on any atom is 0.242 e. The van der Waals surface area contributed by atoms with Crippen LogP contribution in [0.15, 0.2) is 0 Å². The number of hydrogen-bond acceptors (Lipinski definition) is 3. The molecule has 2 amide bonds. The first-order chi connectivity index (χ1) is 8.12. The third kappa shape index (κ3) is 2.59. The van der Waals surface area contributed by atoms with E-state index in [1.807, 2.05) is 6.92 Å². The SMILES string of the molecule is CCC1C(=O)NCCN1C(=O)CC1(CS)CC1. The average molecular weight is 256 g/mol. The normalized spacial score (nSPS) is 26.6. The van der Waals surface area contributed by atoms with E-state index in [-0.39, 0.29) is 23.3 Å². The molecule has 1 aliphatic carbocycles. The van der Waals surface area contributed by atoms with Crippen LogP contribution in [0.25, 0.3) is 0 Å². The molecule has 1 aliphatic heterocycles. The minimum Gasteiger partial charge on any atom is -0.353 e. The Morgan fingerprint density at radius 2 is 2.29 bits per heavy atom. The van der Waals surface area contributed by atoms with Crippen molar-refractivity contribution < 1.29 is 9.59 Å². The smallest absolute Gasteiger partial charge is 0.242 e. The quantitative estimate of drug-likeness (QED) is 0.732. The van der Waals surface area contributed by atoms with Gasteiger partial charge in [-0.3, -0.25) is 9.59 Å². The molecule has 17 heavy (non-hydrogen) atoms. The molecule has 2 fully saturated rings. The van der Waals surface area contributed by atoms with E-state index < -0.39 is 0 Å². The fourth-order valence-corrected chi connectivity index (χ4v) is 2.84. The Kier molecular flexibility index (Phi) is 3.66. The fraction of sp³-hybridized carbons (Fsp3) is 0.833. The molecule has 2 rings (SSSR count). The van der Waals surface area contributed by atoms with Crippen LogP contribution in [-0.2, 0) is 9.59 Å². The van der Waals surface area contributed by atoms with Gasteiger partial charge in [0.1, 0.15) is 6.04 Å². The number of hydrogen-bond donors (Lipinski definition) is 2. The minimum absolute atomic E-state index is 0.0113. The predicted molar refractivity (Wildman–Crippen MR) is 68.9 cm³/mol. The van der Waals surface area contributed by atoms with E-state index in [0.29, 0.717) is 25.9 Å². The standard InChI is InChI=1S/C12H20N2O2S/c1-2-9-11(16)13-5-6-14(9)10(15)7-12(8-17)3-4-12/h9,17H,2-8H2,1H3,(H,13,16). The summed E-state index contributed by atoms with van der Waals surface area (Å²) < 4.78 is 0. The van der Waals surface area contributed by atoms with E-state index >= 15 is 0 Å². The van der Waals surface area contributed by atoms with E-state index in [4.69, 9.17) is 0 Å². The first-order valence-electron chi connectivity index (χ1n) is 6.30. The van der Waals surface area contributed by atoms with Gasteiger partial charge >= 0.3 is 0 Å². The van der Waals surface area contributed by atoms with Crippen molar-refractivity contribution in [1.29, 1.82) is 0 Å². The molecule has 1 N–H and O–H groups in total. The molecule has 0 spiro atoms. The Bertz CT molecular complexity index is 328. The minimum atomic E-state index is -0.271.